The van der Waals surface area contributed by atoms with Crippen molar-refractivity contribution in [2.24, 2.45) is 0 Å². The van der Waals surface area contributed by atoms with E-state index in [0.29, 0.717) is 18.2 Å². The minimum Gasteiger partial charge on any atom is -0.382 e. The number of nitrogens with zero attached hydrogens (tertiary/aromatic N) is 2. The van der Waals surface area contributed by atoms with E-state index in [0.717, 1.165) is 25.3 Å². The van der Waals surface area contributed by atoms with Crippen LogP contribution in [0.2, 0.25) is 0 Å². The van der Waals surface area contributed by atoms with Crippen LogP contribution in [0.1, 0.15) is 19.0 Å². The maximum Gasteiger partial charge on any atom is 0.207 e. The van der Waals surface area contributed by atoms with E-state index in [4.69, 9.17) is 4.74 Å². The number of para-hydroxylation sites is 1. The molecule has 0 atom stereocenters. The molecule has 1 aromatic carbocycles. The van der Waals surface area contributed by atoms with Gasteiger partial charge in [0.25, 0.3) is 0 Å². The van der Waals surface area contributed by atoms with Crippen molar-refractivity contribution in [3.63, 3.8) is 0 Å². The Hall–Kier alpha value is -1.88. The van der Waals surface area contributed by atoms with E-state index < -0.39 is 0 Å². The van der Waals surface area contributed by atoms with Gasteiger partial charge in [-0.1, -0.05) is 12.1 Å². The lowest BCUT2D eigenvalue weighted by molar-refractivity contribution is 0.142. The summed E-state index contributed by atoms with van der Waals surface area (Å²) in [5.41, 5.74) is 1.34. The van der Waals surface area contributed by atoms with Crippen LogP contribution in [0.3, 0.4) is 0 Å². The first-order valence-corrected chi connectivity index (χ1v) is 6.83. The lowest BCUT2D eigenvalue weighted by atomic mass is 10.3. The van der Waals surface area contributed by atoms with Gasteiger partial charge in [-0.2, -0.15) is 0 Å². The fourth-order valence-corrected chi connectivity index (χ4v) is 1.98. The monoisotopic (exact) mass is 277 g/mol. The van der Waals surface area contributed by atoms with E-state index in [-0.39, 0.29) is 5.82 Å². The minimum absolute atomic E-state index is 0.283. The van der Waals surface area contributed by atoms with Crippen molar-refractivity contribution in [3.8, 4) is 0 Å². The second-order valence-electron chi connectivity index (χ2n) is 4.55. The van der Waals surface area contributed by atoms with Gasteiger partial charge < -0.3 is 14.6 Å². The molecule has 20 heavy (non-hydrogen) atoms. The zero-order chi connectivity index (χ0) is 14.4. The Bertz CT molecular complexity index is 554. The molecule has 4 nitrogen and oxygen atoms in total. The third-order valence-corrected chi connectivity index (χ3v) is 2.91. The van der Waals surface area contributed by atoms with Crippen LogP contribution in [0.5, 0.6) is 0 Å². The Kier molecular flexibility index (Phi) is 5.12. The molecule has 0 saturated heterocycles. The first kappa shape index (κ1) is 14.5. The fraction of sp³-hybridized carbons (Fsp3) is 0.400. The predicted molar refractivity (Wildman–Crippen MR) is 77.8 cm³/mol. The first-order valence-electron chi connectivity index (χ1n) is 6.83. The number of aromatic nitrogens is 2. The van der Waals surface area contributed by atoms with Gasteiger partial charge in [-0.3, -0.25) is 0 Å². The van der Waals surface area contributed by atoms with Crippen LogP contribution in [0.25, 0.3) is 0 Å². The highest BCUT2D eigenvalue weighted by molar-refractivity contribution is 5.54. The number of ether oxygens (including phenoxy) is 1. The summed E-state index contributed by atoms with van der Waals surface area (Å²) in [7, 11) is 0. The molecule has 2 aromatic rings. The molecule has 0 amide bonds. The molecule has 0 bridgehead atoms. The Morgan fingerprint density at radius 1 is 1.35 bits per heavy atom. The van der Waals surface area contributed by atoms with Gasteiger partial charge in [0.05, 0.1) is 11.4 Å². The smallest absolute Gasteiger partial charge is 0.207 e. The number of benzene rings is 1. The van der Waals surface area contributed by atoms with Gasteiger partial charge >= 0.3 is 0 Å². The molecule has 0 unspecified atom stereocenters. The van der Waals surface area contributed by atoms with Crippen molar-refractivity contribution in [2.75, 3.05) is 18.5 Å². The zero-order valence-electron chi connectivity index (χ0n) is 11.9. The predicted octanol–water partition coefficient (Wildman–Crippen LogP) is 3.50. The number of halogens is 1. The molecule has 0 aliphatic carbocycles. The molecule has 0 spiro atoms. The zero-order valence-corrected chi connectivity index (χ0v) is 11.9. The molecule has 5 heteroatoms. The average Bonchev–Trinajstić information content (AvgIpc) is 2.78. The summed E-state index contributed by atoms with van der Waals surface area (Å²) in [4.78, 5) is 4.39. The summed E-state index contributed by atoms with van der Waals surface area (Å²) in [6, 6.07) is 6.59. The van der Waals surface area contributed by atoms with Crippen LogP contribution < -0.4 is 5.32 Å². The van der Waals surface area contributed by atoms with Crippen LogP contribution >= 0.6 is 0 Å². The van der Waals surface area contributed by atoms with Crippen LogP contribution in [0, 0.1) is 12.7 Å². The summed E-state index contributed by atoms with van der Waals surface area (Å²) in [6.45, 7) is 6.13. The number of rotatable bonds is 7. The third kappa shape index (κ3) is 3.81. The Balaban J connectivity index is 2.06. The second-order valence-corrected chi connectivity index (χ2v) is 4.55. The summed E-state index contributed by atoms with van der Waals surface area (Å²) >= 11 is 0. The Morgan fingerprint density at radius 2 is 2.15 bits per heavy atom. The van der Waals surface area contributed by atoms with Gasteiger partial charge in [0.2, 0.25) is 5.95 Å². The van der Waals surface area contributed by atoms with Crippen molar-refractivity contribution >= 4 is 11.6 Å². The van der Waals surface area contributed by atoms with Crippen molar-refractivity contribution in [1.29, 1.82) is 0 Å². The minimum atomic E-state index is -0.283. The van der Waals surface area contributed by atoms with E-state index in [1.54, 1.807) is 18.2 Å². The number of nitrogens with one attached hydrogen (secondary N) is 1. The summed E-state index contributed by atoms with van der Waals surface area (Å²) in [6.07, 6.45) is 2.85. The fourth-order valence-electron chi connectivity index (χ4n) is 1.98. The number of hydrogen-bond acceptors (Lipinski definition) is 3. The van der Waals surface area contributed by atoms with E-state index >= 15 is 0 Å². The van der Waals surface area contributed by atoms with Crippen LogP contribution in [0.15, 0.2) is 30.5 Å². The van der Waals surface area contributed by atoms with E-state index in [1.165, 1.54) is 6.07 Å². The van der Waals surface area contributed by atoms with E-state index in [1.807, 2.05) is 24.6 Å². The van der Waals surface area contributed by atoms with Gasteiger partial charge in [-0.05, 0) is 32.4 Å². The maximum absolute atomic E-state index is 13.6. The highest BCUT2D eigenvalue weighted by atomic mass is 19.1. The largest absolute Gasteiger partial charge is 0.382 e. The quantitative estimate of drug-likeness (QED) is 0.787. The van der Waals surface area contributed by atoms with Gasteiger partial charge in [-0.15, -0.1) is 0 Å². The Morgan fingerprint density at radius 3 is 2.90 bits per heavy atom. The SMILES string of the molecule is CCOCCCn1cc(C)nc1Nc1ccccc1F. The lowest BCUT2D eigenvalue weighted by Crippen LogP contribution is -2.06. The van der Waals surface area contributed by atoms with Crippen molar-refractivity contribution in [2.45, 2.75) is 26.8 Å². The number of imidazole rings is 1. The molecular weight excluding hydrogens is 257 g/mol. The summed E-state index contributed by atoms with van der Waals surface area (Å²) < 4.78 is 21.0. The van der Waals surface area contributed by atoms with Crippen LogP contribution in [-0.4, -0.2) is 22.8 Å². The van der Waals surface area contributed by atoms with Crippen molar-refractivity contribution < 1.29 is 9.13 Å². The molecule has 0 radical (unpaired) electrons. The average molecular weight is 277 g/mol. The topological polar surface area (TPSA) is 39.1 Å². The summed E-state index contributed by atoms with van der Waals surface area (Å²) in [5, 5.41) is 3.04. The van der Waals surface area contributed by atoms with E-state index in [9.17, 15) is 4.39 Å². The standard InChI is InChI=1S/C15H20FN3O/c1-3-20-10-6-9-19-11-12(2)17-15(19)18-14-8-5-4-7-13(14)16/h4-5,7-8,11H,3,6,9-10H2,1-2H3,(H,17,18). The first-order chi connectivity index (χ1) is 9.70. The Labute approximate surface area is 118 Å². The molecule has 0 saturated carbocycles. The van der Waals surface area contributed by atoms with Gasteiger partial charge in [-0.25, -0.2) is 9.37 Å². The number of anilines is 2. The number of hydrogen-bond donors (Lipinski definition) is 1. The second kappa shape index (κ2) is 7.05. The third-order valence-electron chi connectivity index (χ3n) is 2.91. The van der Waals surface area contributed by atoms with Crippen molar-refractivity contribution in [3.05, 3.63) is 42.0 Å². The molecule has 1 N–H and O–H groups in total. The maximum atomic E-state index is 13.6. The molecular formula is C15H20FN3O. The molecule has 1 heterocycles. The molecule has 1 aromatic heterocycles. The lowest BCUT2D eigenvalue weighted by Gasteiger charge is -2.10. The van der Waals surface area contributed by atoms with Gasteiger partial charge in [0.15, 0.2) is 0 Å². The van der Waals surface area contributed by atoms with Gasteiger partial charge in [0.1, 0.15) is 5.82 Å². The number of aryl methyl sites for hydroxylation is 2. The molecule has 0 aliphatic rings. The van der Waals surface area contributed by atoms with Crippen molar-refractivity contribution in [1.82, 2.24) is 9.55 Å². The highest BCUT2D eigenvalue weighted by Gasteiger charge is 2.08. The van der Waals surface area contributed by atoms with Crippen LogP contribution in [-0.2, 0) is 11.3 Å². The molecule has 2 rings (SSSR count). The summed E-state index contributed by atoms with van der Waals surface area (Å²) in [5.74, 6) is 0.373. The van der Waals surface area contributed by atoms with Gasteiger partial charge in [0, 0.05) is 26.0 Å². The van der Waals surface area contributed by atoms with Crippen LogP contribution in [0.4, 0.5) is 16.0 Å². The molecule has 108 valence electrons. The highest BCUT2D eigenvalue weighted by Crippen LogP contribution is 2.19. The molecule has 0 fully saturated rings. The molecule has 0 aliphatic heterocycles. The normalized spacial score (nSPS) is 10.8. The van der Waals surface area contributed by atoms with E-state index in [2.05, 4.69) is 10.3 Å².